The first kappa shape index (κ1) is 14.2. The van der Waals surface area contributed by atoms with E-state index >= 15 is 0 Å². The molecule has 2 unspecified atom stereocenters. The van der Waals surface area contributed by atoms with Crippen LogP contribution in [0.15, 0.2) is 12.3 Å². The molecule has 0 aromatic carbocycles. The molecule has 0 radical (unpaired) electrons. The molecule has 1 aromatic rings. The molecular formula is C11H12FNO5. The van der Waals surface area contributed by atoms with Gasteiger partial charge in [-0.2, -0.15) is 4.39 Å². The molecule has 2 atom stereocenters. The highest BCUT2D eigenvalue weighted by Crippen LogP contribution is 2.21. The number of halogens is 1. The SMILES string of the molecule is CCOC(=O)C(O)C(O)c1ccnc(F)c1C=O. The van der Waals surface area contributed by atoms with E-state index in [2.05, 4.69) is 9.72 Å². The Kier molecular flexibility index (Phi) is 4.87. The van der Waals surface area contributed by atoms with Crippen molar-refractivity contribution in [1.29, 1.82) is 0 Å². The largest absolute Gasteiger partial charge is 0.464 e. The predicted octanol–water partition coefficient (Wildman–Crippen LogP) is -0.00940. The van der Waals surface area contributed by atoms with Crippen molar-refractivity contribution in [1.82, 2.24) is 4.98 Å². The smallest absolute Gasteiger partial charge is 0.338 e. The summed E-state index contributed by atoms with van der Waals surface area (Å²) in [7, 11) is 0. The maximum absolute atomic E-state index is 13.2. The van der Waals surface area contributed by atoms with Gasteiger partial charge < -0.3 is 14.9 Å². The average Bonchev–Trinajstić information content (AvgIpc) is 2.37. The Morgan fingerprint density at radius 2 is 2.28 bits per heavy atom. The molecule has 0 fully saturated rings. The van der Waals surface area contributed by atoms with Crippen molar-refractivity contribution >= 4 is 12.3 Å². The molecule has 1 heterocycles. The molecule has 0 aliphatic rings. The number of ether oxygens (including phenoxy) is 1. The zero-order valence-corrected chi connectivity index (χ0v) is 9.54. The number of esters is 1. The van der Waals surface area contributed by atoms with Gasteiger partial charge in [-0.05, 0) is 13.0 Å². The zero-order valence-electron chi connectivity index (χ0n) is 9.54. The van der Waals surface area contributed by atoms with Crippen LogP contribution in [0.5, 0.6) is 0 Å². The topological polar surface area (TPSA) is 96.7 Å². The summed E-state index contributed by atoms with van der Waals surface area (Å²) in [5, 5.41) is 19.2. The van der Waals surface area contributed by atoms with E-state index in [9.17, 15) is 24.2 Å². The van der Waals surface area contributed by atoms with Crippen LogP contribution >= 0.6 is 0 Å². The number of carbonyl (C=O) groups is 2. The van der Waals surface area contributed by atoms with Crippen molar-refractivity contribution < 1.29 is 28.9 Å². The quantitative estimate of drug-likeness (QED) is 0.437. The summed E-state index contributed by atoms with van der Waals surface area (Å²) in [4.78, 5) is 25.1. The Morgan fingerprint density at radius 3 is 2.83 bits per heavy atom. The van der Waals surface area contributed by atoms with Crippen LogP contribution in [-0.2, 0) is 9.53 Å². The Morgan fingerprint density at radius 1 is 1.61 bits per heavy atom. The predicted molar refractivity (Wildman–Crippen MR) is 57.2 cm³/mol. The van der Waals surface area contributed by atoms with Crippen LogP contribution < -0.4 is 0 Å². The molecule has 0 amide bonds. The highest BCUT2D eigenvalue weighted by molar-refractivity contribution is 5.79. The van der Waals surface area contributed by atoms with Crippen molar-refractivity contribution in [2.24, 2.45) is 0 Å². The maximum Gasteiger partial charge on any atom is 0.338 e. The van der Waals surface area contributed by atoms with Crippen LogP contribution in [0.2, 0.25) is 0 Å². The molecule has 2 N–H and O–H groups in total. The lowest BCUT2D eigenvalue weighted by molar-refractivity contribution is -0.159. The van der Waals surface area contributed by atoms with E-state index < -0.39 is 29.7 Å². The molecule has 0 saturated heterocycles. The Balaban J connectivity index is 3.03. The number of aliphatic hydroxyl groups excluding tert-OH is 2. The van der Waals surface area contributed by atoms with E-state index in [-0.39, 0.29) is 18.5 Å². The second kappa shape index (κ2) is 6.18. The zero-order chi connectivity index (χ0) is 13.7. The number of carbonyl (C=O) groups excluding carboxylic acids is 2. The van der Waals surface area contributed by atoms with Gasteiger partial charge in [-0.15, -0.1) is 0 Å². The van der Waals surface area contributed by atoms with Gasteiger partial charge in [0.1, 0.15) is 6.10 Å². The average molecular weight is 257 g/mol. The van der Waals surface area contributed by atoms with Crippen molar-refractivity contribution in [3.63, 3.8) is 0 Å². The van der Waals surface area contributed by atoms with Gasteiger partial charge in [-0.3, -0.25) is 4.79 Å². The van der Waals surface area contributed by atoms with Crippen molar-refractivity contribution in [3.8, 4) is 0 Å². The number of hydrogen-bond donors (Lipinski definition) is 2. The van der Waals surface area contributed by atoms with E-state index in [4.69, 9.17) is 0 Å². The van der Waals surface area contributed by atoms with Crippen LogP contribution in [0.25, 0.3) is 0 Å². The highest BCUT2D eigenvalue weighted by Gasteiger charge is 2.29. The fraction of sp³-hybridized carbons (Fsp3) is 0.364. The summed E-state index contributed by atoms with van der Waals surface area (Å²) in [6.45, 7) is 1.55. The number of pyridine rings is 1. The second-order valence-corrected chi connectivity index (χ2v) is 3.36. The van der Waals surface area contributed by atoms with E-state index in [1.807, 2.05) is 0 Å². The lowest BCUT2D eigenvalue weighted by Crippen LogP contribution is -2.30. The Hall–Kier alpha value is -1.86. The Labute approximate surface area is 102 Å². The molecule has 0 saturated carbocycles. The van der Waals surface area contributed by atoms with Gasteiger partial charge in [0.25, 0.3) is 0 Å². The van der Waals surface area contributed by atoms with Crippen LogP contribution in [0, 0.1) is 5.95 Å². The standard InChI is InChI=1S/C11H12FNO5/c1-2-18-11(17)9(16)8(15)6-3-4-13-10(12)7(6)5-14/h3-5,8-9,15-16H,2H2,1H3. The molecule has 1 rings (SSSR count). The van der Waals surface area contributed by atoms with Gasteiger partial charge >= 0.3 is 5.97 Å². The number of hydrogen-bond acceptors (Lipinski definition) is 6. The number of rotatable bonds is 5. The summed E-state index contributed by atoms with van der Waals surface area (Å²) in [5.41, 5.74) is -0.730. The number of aldehydes is 1. The fourth-order valence-corrected chi connectivity index (χ4v) is 1.36. The van der Waals surface area contributed by atoms with Crippen LogP contribution in [0.4, 0.5) is 4.39 Å². The fourth-order valence-electron chi connectivity index (χ4n) is 1.36. The molecular weight excluding hydrogens is 245 g/mol. The normalized spacial score (nSPS) is 13.8. The summed E-state index contributed by atoms with van der Waals surface area (Å²) < 4.78 is 17.7. The van der Waals surface area contributed by atoms with Crippen molar-refractivity contribution in [2.45, 2.75) is 19.1 Å². The van der Waals surface area contributed by atoms with Crippen LogP contribution in [-0.4, -0.2) is 40.2 Å². The lowest BCUT2D eigenvalue weighted by Gasteiger charge is -2.17. The highest BCUT2D eigenvalue weighted by atomic mass is 19.1. The third-order valence-corrected chi connectivity index (χ3v) is 2.24. The summed E-state index contributed by atoms with van der Waals surface area (Å²) in [5.74, 6) is -2.14. The van der Waals surface area contributed by atoms with Crippen LogP contribution in [0.3, 0.4) is 0 Å². The van der Waals surface area contributed by atoms with Gasteiger partial charge in [-0.25, -0.2) is 9.78 Å². The molecule has 0 aliphatic heterocycles. The van der Waals surface area contributed by atoms with E-state index in [0.717, 1.165) is 12.3 Å². The van der Waals surface area contributed by atoms with Crippen LogP contribution in [0.1, 0.15) is 28.9 Å². The minimum atomic E-state index is -1.90. The molecule has 18 heavy (non-hydrogen) atoms. The van der Waals surface area contributed by atoms with Gasteiger partial charge in [-0.1, -0.05) is 0 Å². The summed E-state index contributed by atoms with van der Waals surface area (Å²) in [6, 6.07) is 1.14. The van der Waals surface area contributed by atoms with E-state index in [1.54, 1.807) is 0 Å². The minimum Gasteiger partial charge on any atom is -0.464 e. The third kappa shape index (κ3) is 2.88. The second-order valence-electron chi connectivity index (χ2n) is 3.36. The third-order valence-electron chi connectivity index (χ3n) is 2.24. The molecule has 1 aromatic heterocycles. The lowest BCUT2D eigenvalue weighted by atomic mass is 10.0. The molecule has 7 heteroatoms. The van der Waals surface area contributed by atoms with E-state index in [0.29, 0.717) is 0 Å². The van der Waals surface area contributed by atoms with Gasteiger partial charge in [0.2, 0.25) is 5.95 Å². The summed E-state index contributed by atoms with van der Waals surface area (Å²) >= 11 is 0. The first-order valence-electron chi connectivity index (χ1n) is 5.15. The molecule has 6 nitrogen and oxygen atoms in total. The molecule has 98 valence electrons. The molecule has 0 aliphatic carbocycles. The first-order chi connectivity index (χ1) is 8.52. The monoisotopic (exact) mass is 257 g/mol. The number of aliphatic hydroxyl groups is 2. The molecule has 0 bridgehead atoms. The minimum absolute atomic E-state index is 0.0217. The van der Waals surface area contributed by atoms with E-state index in [1.165, 1.54) is 6.92 Å². The Bertz CT molecular complexity index is 451. The molecule has 0 spiro atoms. The maximum atomic E-state index is 13.2. The number of nitrogens with zero attached hydrogens (tertiary/aromatic N) is 1. The van der Waals surface area contributed by atoms with Crippen molar-refractivity contribution in [2.75, 3.05) is 6.61 Å². The van der Waals surface area contributed by atoms with Gasteiger partial charge in [0, 0.05) is 11.8 Å². The van der Waals surface area contributed by atoms with Gasteiger partial charge in [0.05, 0.1) is 12.2 Å². The number of aromatic nitrogens is 1. The first-order valence-corrected chi connectivity index (χ1v) is 5.15. The van der Waals surface area contributed by atoms with Crippen molar-refractivity contribution in [3.05, 3.63) is 29.3 Å². The van der Waals surface area contributed by atoms with Gasteiger partial charge in [0.15, 0.2) is 12.4 Å². The summed E-state index contributed by atoms with van der Waals surface area (Å²) in [6.07, 6.45) is -2.50.